The van der Waals surface area contributed by atoms with E-state index in [1.54, 1.807) is 0 Å². The van der Waals surface area contributed by atoms with Gasteiger partial charge in [-0.15, -0.1) is 0 Å². The number of carboxylic acid groups (broad SMARTS) is 1. The van der Waals surface area contributed by atoms with E-state index in [2.05, 4.69) is 10.6 Å². The van der Waals surface area contributed by atoms with Crippen molar-refractivity contribution in [2.75, 3.05) is 11.9 Å². The molecule has 0 aliphatic carbocycles. The average Bonchev–Trinajstić information content (AvgIpc) is 2.44. The highest BCUT2D eigenvalue weighted by Gasteiger charge is 2.16. The molecule has 0 aliphatic rings. The third-order valence-electron chi connectivity index (χ3n) is 2.75. The lowest BCUT2D eigenvalue weighted by Crippen LogP contribution is -2.41. The molecule has 3 N–H and O–H groups in total. The lowest BCUT2D eigenvalue weighted by Gasteiger charge is -2.13. The fraction of sp³-hybridized carbons (Fsp3) is 0.429. The second-order valence-electron chi connectivity index (χ2n) is 4.51. The summed E-state index contributed by atoms with van der Waals surface area (Å²) in [5, 5.41) is 14.2. The van der Waals surface area contributed by atoms with Gasteiger partial charge in [-0.3, -0.25) is 14.9 Å². The van der Waals surface area contributed by atoms with Gasteiger partial charge in [-0.1, -0.05) is 25.1 Å². The smallest absolute Gasteiger partial charge is 0.320 e. The van der Waals surface area contributed by atoms with Crippen molar-refractivity contribution in [3.05, 3.63) is 24.3 Å². The van der Waals surface area contributed by atoms with Gasteiger partial charge in [0.15, 0.2) is 0 Å². The van der Waals surface area contributed by atoms with Gasteiger partial charge in [-0.05, 0) is 30.7 Å². The Morgan fingerprint density at radius 3 is 2.41 bits per heavy atom. The van der Waals surface area contributed by atoms with Crippen molar-refractivity contribution in [2.24, 2.45) is 0 Å². The Balaban J connectivity index is 2.46. The predicted octanol–water partition coefficient (Wildman–Crippen LogP) is 2.78. The third kappa shape index (κ3) is 6.86. The first-order chi connectivity index (χ1) is 10.4. The Morgan fingerprint density at radius 2 is 1.91 bits per heavy atom. The van der Waals surface area contributed by atoms with Crippen LogP contribution in [0, 0.1) is 0 Å². The number of amides is 1. The van der Waals surface area contributed by atoms with Crippen LogP contribution in [0.15, 0.2) is 29.2 Å². The molecule has 0 fully saturated rings. The number of nitrogens with one attached hydrogen (secondary N) is 2. The summed E-state index contributed by atoms with van der Waals surface area (Å²) in [5.74, 6) is -3.88. The number of carboxylic acids is 1. The summed E-state index contributed by atoms with van der Waals surface area (Å²) in [5.41, 5.74) is 0.466. The highest BCUT2D eigenvalue weighted by Crippen LogP contribution is 2.26. The fourth-order valence-corrected chi connectivity index (χ4v) is 2.24. The molecule has 1 atom stereocenters. The molecule has 1 amide bonds. The molecule has 8 heteroatoms. The van der Waals surface area contributed by atoms with Crippen LogP contribution >= 0.6 is 11.8 Å². The molecule has 0 saturated heterocycles. The van der Waals surface area contributed by atoms with Crippen molar-refractivity contribution >= 4 is 29.3 Å². The van der Waals surface area contributed by atoms with Gasteiger partial charge in [-0.2, -0.15) is 8.78 Å². The normalized spacial score (nSPS) is 12.2. The number of carbonyl (C=O) groups is 2. The molecule has 1 aromatic carbocycles. The van der Waals surface area contributed by atoms with Crippen LogP contribution < -0.4 is 10.6 Å². The molecule has 0 bridgehead atoms. The van der Waals surface area contributed by atoms with Crippen LogP contribution in [0.3, 0.4) is 0 Å². The molecule has 122 valence electrons. The van der Waals surface area contributed by atoms with Crippen LogP contribution in [0.1, 0.15) is 19.8 Å². The molecule has 22 heavy (non-hydrogen) atoms. The fourth-order valence-electron chi connectivity index (χ4n) is 1.74. The Morgan fingerprint density at radius 1 is 1.27 bits per heavy atom. The van der Waals surface area contributed by atoms with Crippen molar-refractivity contribution in [2.45, 2.75) is 36.5 Å². The Kier molecular flexibility index (Phi) is 7.83. The summed E-state index contributed by atoms with van der Waals surface area (Å²) in [6.07, 6.45) is 1.12. The third-order valence-corrected chi connectivity index (χ3v) is 3.47. The van der Waals surface area contributed by atoms with E-state index in [1.165, 1.54) is 24.3 Å². The molecule has 0 saturated carbocycles. The number of thioether (sulfide) groups is 1. The zero-order chi connectivity index (χ0) is 16.5. The zero-order valence-corrected chi connectivity index (χ0v) is 12.8. The van der Waals surface area contributed by atoms with Crippen LogP contribution in [0.25, 0.3) is 0 Å². The maximum Gasteiger partial charge on any atom is 0.320 e. The van der Waals surface area contributed by atoms with Crippen molar-refractivity contribution in [1.29, 1.82) is 0 Å². The van der Waals surface area contributed by atoms with Gasteiger partial charge in [0.2, 0.25) is 5.91 Å². The van der Waals surface area contributed by atoms with E-state index in [4.69, 9.17) is 5.11 Å². The van der Waals surface area contributed by atoms with Gasteiger partial charge in [-0.25, -0.2) is 0 Å². The summed E-state index contributed by atoms with van der Waals surface area (Å²) in [7, 11) is 0. The number of carbonyl (C=O) groups excluding carboxylic acids is 1. The standard InChI is InChI=1S/C14H18F2N2O3S/c1-2-3-11(13(20)21)17-8-12(19)18-9-4-6-10(7-5-9)22-14(15)16/h4-7,11,14,17H,2-3,8H2,1H3,(H,18,19)(H,20,21). The molecule has 0 aliphatic heterocycles. The van der Waals surface area contributed by atoms with Crippen LogP contribution in [-0.2, 0) is 9.59 Å². The minimum absolute atomic E-state index is 0.134. The quantitative estimate of drug-likeness (QED) is 0.606. The molecule has 0 aromatic heterocycles. The molecular formula is C14H18F2N2O3S. The van der Waals surface area contributed by atoms with Gasteiger partial charge in [0.25, 0.3) is 5.76 Å². The molecule has 1 aromatic rings. The first-order valence-electron chi connectivity index (χ1n) is 6.73. The zero-order valence-electron chi connectivity index (χ0n) is 12.0. The van der Waals surface area contributed by atoms with Crippen molar-refractivity contribution in [3.63, 3.8) is 0 Å². The number of hydrogen-bond acceptors (Lipinski definition) is 4. The van der Waals surface area contributed by atoms with Crippen molar-refractivity contribution in [1.82, 2.24) is 5.32 Å². The average molecular weight is 332 g/mol. The second-order valence-corrected chi connectivity index (χ2v) is 5.57. The largest absolute Gasteiger partial charge is 0.480 e. The predicted molar refractivity (Wildman–Crippen MR) is 81.3 cm³/mol. The van der Waals surface area contributed by atoms with Gasteiger partial charge < -0.3 is 10.4 Å². The van der Waals surface area contributed by atoms with Gasteiger partial charge in [0, 0.05) is 10.6 Å². The van der Waals surface area contributed by atoms with E-state index >= 15 is 0 Å². The number of hydrogen-bond donors (Lipinski definition) is 3. The van der Waals surface area contributed by atoms with Crippen LogP contribution in [-0.4, -0.2) is 35.3 Å². The first kappa shape index (κ1) is 18.4. The van der Waals surface area contributed by atoms with Gasteiger partial charge >= 0.3 is 5.97 Å². The van der Waals surface area contributed by atoms with Crippen molar-refractivity contribution < 1.29 is 23.5 Å². The van der Waals surface area contributed by atoms with Crippen LogP contribution in [0.2, 0.25) is 0 Å². The summed E-state index contributed by atoms with van der Waals surface area (Å²) < 4.78 is 24.3. The molecule has 0 radical (unpaired) electrons. The number of aliphatic carboxylic acids is 1. The first-order valence-corrected chi connectivity index (χ1v) is 7.61. The van der Waals surface area contributed by atoms with Gasteiger partial charge in [0.1, 0.15) is 6.04 Å². The lowest BCUT2D eigenvalue weighted by molar-refractivity contribution is -0.139. The van der Waals surface area contributed by atoms with Crippen LogP contribution in [0.5, 0.6) is 0 Å². The Labute approximate surface area is 131 Å². The minimum atomic E-state index is -2.49. The van der Waals surface area contributed by atoms with E-state index in [9.17, 15) is 18.4 Å². The number of anilines is 1. The lowest BCUT2D eigenvalue weighted by atomic mass is 10.2. The summed E-state index contributed by atoms with van der Waals surface area (Å²) in [6.45, 7) is 1.72. The number of benzene rings is 1. The second kappa shape index (κ2) is 9.37. The minimum Gasteiger partial charge on any atom is -0.480 e. The van der Waals surface area contributed by atoms with Crippen LogP contribution in [0.4, 0.5) is 14.5 Å². The Hall–Kier alpha value is -1.67. The summed E-state index contributed by atoms with van der Waals surface area (Å²) in [6, 6.07) is 5.24. The summed E-state index contributed by atoms with van der Waals surface area (Å²) in [4.78, 5) is 23.0. The van der Waals surface area contributed by atoms with Gasteiger partial charge in [0.05, 0.1) is 6.54 Å². The monoisotopic (exact) mass is 332 g/mol. The molecule has 1 unspecified atom stereocenters. The van der Waals surface area contributed by atoms with E-state index in [0.717, 1.165) is 0 Å². The van der Waals surface area contributed by atoms with E-state index in [0.29, 0.717) is 35.2 Å². The molecule has 1 rings (SSSR count). The number of alkyl halides is 2. The summed E-state index contributed by atoms with van der Waals surface area (Å²) >= 11 is 0.425. The van der Waals surface area contributed by atoms with E-state index < -0.39 is 23.7 Å². The van der Waals surface area contributed by atoms with Crippen molar-refractivity contribution in [3.8, 4) is 0 Å². The van der Waals surface area contributed by atoms with E-state index in [-0.39, 0.29) is 6.54 Å². The SMILES string of the molecule is CCCC(NCC(=O)Nc1ccc(SC(F)F)cc1)C(=O)O. The highest BCUT2D eigenvalue weighted by atomic mass is 32.2. The topological polar surface area (TPSA) is 78.4 Å². The molecule has 0 heterocycles. The molecule has 0 spiro atoms. The molecular weight excluding hydrogens is 314 g/mol. The molecule has 5 nitrogen and oxygen atoms in total. The highest BCUT2D eigenvalue weighted by molar-refractivity contribution is 7.99. The number of halogens is 2. The Bertz CT molecular complexity index is 497. The number of rotatable bonds is 9. The van der Waals surface area contributed by atoms with E-state index in [1.807, 2.05) is 6.92 Å². The maximum atomic E-state index is 12.2. The maximum absolute atomic E-state index is 12.2.